The molecule has 7 nitrogen and oxygen atoms in total. The molecule has 0 unspecified atom stereocenters. The van der Waals surface area contributed by atoms with E-state index in [2.05, 4.69) is 45.3 Å². The fraction of sp³-hybridized carbons (Fsp3) is 0.645. The van der Waals surface area contributed by atoms with E-state index in [0.29, 0.717) is 30.0 Å². The fourth-order valence-corrected chi connectivity index (χ4v) is 7.06. The van der Waals surface area contributed by atoms with Gasteiger partial charge in [0.15, 0.2) is 0 Å². The molecular formula is C31H43N3O4. The average Bonchev–Trinajstić information content (AvgIpc) is 3.53. The van der Waals surface area contributed by atoms with Crippen LogP contribution in [0.2, 0.25) is 0 Å². The van der Waals surface area contributed by atoms with E-state index in [9.17, 15) is 14.4 Å². The van der Waals surface area contributed by atoms with Crippen LogP contribution in [-0.2, 0) is 19.1 Å². The lowest BCUT2D eigenvalue weighted by molar-refractivity contribution is -0.141. The highest BCUT2D eigenvalue weighted by Gasteiger charge is 2.72. The van der Waals surface area contributed by atoms with E-state index in [4.69, 9.17) is 4.74 Å². The molecule has 3 fully saturated rings. The van der Waals surface area contributed by atoms with Crippen LogP contribution < -0.4 is 10.6 Å². The lowest BCUT2D eigenvalue weighted by Gasteiger charge is -2.38. The summed E-state index contributed by atoms with van der Waals surface area (Å²) < 4.78 is 6.46. The number of benzene rings is 1. The second-order valence-electron chi connectivity index (χ2n) is 12.2. The quantitative estimate of drug-likeness (QED) is 0.488. The van der Waals surface area contributed by atoms with Crippen molar-refractivity contribution in [3.05, 3.63) is 42.0 Å². The number of carbonyl (C=O) groups excluding carboxylic acids is 3. The Morgan fingerprint density at radius 3 is 2.55 bits per heavy atom. The molecule has 5 rings (SSSR count). The van der Waals surface area contributed by atoms with Gasteiger partial charge >= 0.3 is 0 Å². The smallest absolute Gasteiger partial charge is 0.246 e. The second-order valence-corrected chi connectivity index (χ2v) is 12.2. The molecule has 38 heavy (non-hydrogen) atoms. The van der Waals surface area contributed by atoms with Gasteiger partial charge in [-0.05, 0) is 48.3 Å². The van der Waals surface area contributed by atoms with Crippen molar-refractivity contribution in [2.45, 2.75) is 96.4 Å². The van der Waals surface area contributed by atoms with Gasteiger partial charge in [0.1, 0.15) is 11.6 Å². The van der Waals surface area contributed by atoms with Crippen molar-refractivity contribution in [2.75, 3.05) is 11.9 Å². The Morgan fingerprint density at radius 2 is 1.87 bits per heavy atom. The zero-order valence-corrected chi connectivity index (χ0v) is 23.4. The van der Waals surface area contributed by atoms with Gasteiger partial charge in [-0.25, -0.2) is 0 Å². The van der Waals surface area contributed by atoms with Crippen LogP contribution >= 0.6 is 0 Å². The maximum atomic E-state index is 13.9. The number of hydrogen-bond acceptors (Lipinski definition) is 4. The molecular weight excluding hydrogens is 478 g/mol. The van der Waals surface area contributed by atoms with Gasteiger partial charge in [0.2, 0.25) is 17.7 Å². The van der Waals surface area contributed by atoms with Crippen molar-refractivity contribution in [3.8, 4) is 0 Å². The minimum atomic E-state index is -1.10. The summed E-state index contributed by atoms with van der Waals surface area (Å²) >= 11 is 0. The summed E-state index contributed by atoms with van der Waals surface area (Å²) in [5, 5.41) is 6.33. The first kappa shape index (κ1) is 26.9. The van der Waals surface area contributed by atoms with Crippen LogP contribution in [0, 0.1) is 23.7 Å². The predicted octanol–water partition coefficient (Wildman–Crippen LogP) is 4.64. The van der Waals surface area contributed by atoms with Crippen LogP contribution in [0.15, 0.2) is 36.4 Å². The molecule has 0 radical (unpaired) electrons. The standard InChI is InChI=1S/C31H43N3O4/c1-6-7-17-34-27(29(36)33-23-10-8-9-19(4)20(23)5)31-16-15-24(38-31)25(26(31)30(34)37)28(35)32-22-13-11-21(12-14-22)18(2)3/h11-16,18-20,23-27H,6-10,17H2,1-5H3,(H,32,35)(H,33,36)/t19-,20+,23+,24-,25+,26-,27-,31-/m0/s1. The largest absolute Gasteiger partial charge is 0.359 e. The molecule has 2 N–H and O–H groups in total. The lowest BCUT2D eigenvalue weighted by atomic mass is 9.73. The number of unbranched alkanes of at least 4 members (excludes halogenated alkanes) is 1. The molecule has 1 aromatic carbocycles. The van der Waals surface area contributed by atoms with Gasteiger partial charge in [-0.15, -0.1) is 0 Å². The number of nitrogens with one attached hydrogen (secondary N) is 2. The van der Waals surface area contributed by atoms with Gasteiger partial charge in [0.25, 0.3) is 0 Å². The molecule has 1 aromatic rings. The Morgan fingerprint density at radius 1 is 1.13 bits per heavy atom. The Hall–Kier alpha value is -2.67. The molecule has 206 valence electrons. The number of nitrogens with zero attached hydrogens (tertiary/aromatic N) is 1. The van der Waals surface area contributed by atoms with Gasteiger partial charge in [-0.3, -0.25) is 14.4 Å². The van der Waals surface area contributed by atoms with Gasteiger partial charge in [-0.2, -0.15) is 0 Å². The number of hydrogen-bond donors (Lipinski definition) is 2. The lowest BCUT2D eigenvalue weighted by Crippen LogP contribution is -2.58. The summed E-state index contributed by atoms with van der Waals surface area (Å²) in [5.74, 6) is -0.596. The van der Waals surface area contributed by atoms with Gasteiger partial charge < -0.3 is 20.3 Å². The third-order valence-electron chi connectivity index (χ3n) is 9.56. The van der Waals surface area contributed by atoms with E-state index < -0.39 is 29.6 Å². The van der Waals surface area contributed by atoms with Crippen molar-refractivity contribution in [2.24, 2.45) is 23.7 Å². The van der Waals surface area contributed by atoms with Crippen LogP contribution in [0.1, 0.15) is 78.2 Å². The van der Waals surface area contributed by atoms with E-state index >= 15 is 0 Å². The number of amides is 3. The first-order valence-electron chi connectivity index (χ1n) is 14.6. The second kappa shape index (κ2) is 10.5. The maximum Gasteiger partial charge on any atom is 0.246 e. The number of fused-ring (bicyclic) bond motifs is 1. The molecule has 1 saturated carbocycles. The minimum absolute atomic E-state index is 0.0836. The predicted molar refractivity (Wildman–Crippen MR) is 147 cm³/mol. The Kier molecular flexibility index (Phi) is 7.42. The molecule has 2 saturated heterocycles. The minimum Gasteiger partial charge on any atom is -0.359 e. The highest BCUT2D eigenvalue weighted by molar-refractivity contribution is 6.02. The first-order chi connectivity index (χ1) is 18.2. The molecule has 4 aliphatic rings. The van der Waals surface area contributed by atoms with Crippen LogP contribution in [-0.4, -0.2) is 53.0 Å². The topological polar surface area (TPSA) is 87.7 Å². The van der Waals surface area contributed by atoms with Crippen LogP contribution in [0.4, 0.5) is 5.69 Å². The van der Waals surface area contributed by atoms with E-state index in [1.807, 2.05) is 36.4 Å². The van der Waals surface area contributed by atoms with Crippen LogP contribution in [0.5, 0.6) is 0 Å². The van der Waals surface area contributed by atoms with E-state index in [0.717, 1.165) is 25.7 Å². The van der Waals surface area contributed by atoms with Crippen molar-refractivity contribution in [1.29, 1.82) is 0 Å². The van der Waals surface area contributed by atoms with Gasteiger partial charge in [0.05, 0.1) is 17.9 Å². The summed E-state index contributed by atoms with van der Waals surface area (Å²) in [6, 6.07) is 7.15. The van der Waals surface area contributed by atoms with Crippen molar-refractivity contribution < 1.29 is 19.1 Å². The van der Waals surface area contributed by atoms with E-state index in [1.54, 1.807) is 4.90 Å². The molecule has 8 atom stereocenters. The first-order valence-corrected chi connectivity index (χ1v) is 14.6. The molecule has 7 heteroatoms. The van der Waals surface area contributed by atoms with Crippen molar-refractivity contribution in [1.82, 2.24) is 10.2 Å². The monoisotopic (exact) mass is 521 g/mol. The molecule has 3 heterocycles. The number of likely N-dealkylation sites (tertiary alicyclic amines) is 1. The third kappa shape index (κ3) is 4.47. The highest BCUT2D eigenvalue weighted by Crippen LogP contribution is 2.55. The summed E-state index contributed by atoms with van der Waals surface area (Å²) in [7, 11) is 0. The SMILES string of the molecule is CCCCN1C(=O)[C@@H]2[C@H](C(=O)Nc3ccc(C(C)C)cc3)[C@@H]3C=C[C@@]2(O3)[C@@H]1C(=O)N[C@@H]1CCC[C@H](C)[C@H]1C. The summed E-state index contributed by atoms with van der Waals surface area (Å²) in [6.07, 6.45) is 8.17. The number of rotatable bonds is 8. The number of anilines is 1. The fourth-order valence-electron chi connectivity index (χ4n) is 7.06. The Labute approximate surface area is 226 Å². The Balaban J connectivity index is 1.40. The summed E-state index contributed by atoms with van der Waals surface area (Å²) in [4.78, 5) is 43.2. The average molecular weight is 522 g/mol. The van der Waals surface area contributed by atoms with E-state index in [1.165, 1.54) is 12.0 Å². The number of carbonyl (C=O) groups is 3. The maximum absolute atomic E-state index is 13.9. The van der Waals surface area contributed by atoms with Crippen molar-refractivity contribution in [3.63, 3.8) is 0 Å². The summed E-state index contributed by atoms with van der Waals surface area (Å²) in [5.41, 5.74) is 0.788. The molecule has 3 amide bonds. The highest BCUT2D eigenvalue weighted by atomic mass is 16.5. The van der Waals surface area contributed by atoms with Gasteiger partial charge in [-0.1, -0.05) is 78.2 Å². The molecule has 0 aromatic heterocycles. The van der Waals surface area contributed by atoms with Crippen LogP contribution in [0.25, 0.3) is 0 Å². The zero-order chi connectivity index (χ0) is 27.2. The van der Waals surface area contributed by atoms with Gasteiger partial charge in [0, 0.05) is 18.3 Å². The van der Waals surface area contributed by atoms with Crippen LogP contribution in [0.3, 0.4) is 0 Å². The molecule has 2 bridgehead atoms. The summed E-state index contributed by atoms with van der Waals surface area (Å²) in [6.45, 7) is 11.3. The molecule has 3 aliphatic heterocycles. The zero-order valence-electron chi connectivity index (χ0n) is 23.4. The normalized spacial score (nSPS) is 35.6. The van der Waals surface area contributed by atoms with Crippen molar-refractivity contribution >= 4 is 23.4 Å². The number of ether oxygens (including phenoxy) is 1. The molecule has 1 spiro atoms. The molecule has 1 aliphatic carbocycles. The van der Waals surface area contributed by atoms with E-state index in [-0.39, 0.29) is 23.8 Å². The Bertz CT molecular complexity index is 1100. The third-order valence-corrected chi connectivity index (χ3v) is 9.56.